The van der Waals surface area contributed by atoms with Gasteiger partial charge in [0, 0.05) is 12.2 Å². The van der Waals surface area contributed by atoms with Gasteiger partial charge in [-0.2, -0.15) is 0 Å². The molecule has 1 aliphatic carbocycles. The van der Waals surface area contributed by atoms with E-state index in [9.17, 15) is 4.79 Å². The van der Waals surface area contributed by atoms with E-state index in [-0.39, 0.29) is 12.5 Å². The Morgan fingerprint density at radius 3 is 2.67 bits per heavy atom. The molecule has 2 aliphatic rings. The first-order valence-electron chi connectivity index (χ1n) is 8.95. The van der Waals surface area contributed by atoms with Crippen LogP contribution in [0.5, 0.6) is 5.75 Å². The van der Waals surface area contributed by atoms with Gasteiger partial charge in [0.25, 0.3) is 5.91 Å². The SMILES string of the molecule is O=C(COc1cccc2c1CCCC2)N1CCCc2ccccc21. The first-order valence-corrected chi connectivity index (χ1v) is 8.95. The van der Waals surface area contributed by atoms with Crippen LogP contribution in [0.1, 0.15) is 36.0 Å². The zero-order chi connectivity index (χ0) is 16.4. The number of benzene rings is 2. The fourth-order valence-electron chi connectivity index (χ4n) is 3.89. The summed E-state index contributed by atoms with van der Waals surface area (Å²) >= 11 is 0. The highest BCUT2D eigenvalue weighted by Gasteiger charge is 2.23. The molecule has 1 amide bonds. The number of nitrogens with zero attached hydrogens (tertiary/aromatic N) is 1. The van der Waals surface area contributed by atoms with Gasteiger partial charge in [0.05, 0.1) is 0 Å². The third kappa shape index (κ3) is 2.91. The Labute approximate surface area is 143 Å². The number of hydrogen-bond acceptors (Lipinski definition) is 2. The monoisotopic (exact) mass is 321 g/mol. The summed E-state index contributed by atoms with van der Waals surface area (Å²) < 4.78 is 5.94. The molecular weight excluding hydrogens is 298 g/mol. The van der Waals surface area contributed by atoms with Crippen molar-refractivity contribution in [2.45, 2.75) is 38.5 Å². The molecule has 1 aliphatic heterocycles. The smallest absolute Gasteiger partial charge is 0.264 e. The number of fused-ring (bicyclic) bond motifs is 2. The molecule has 0 fully saturated rings. The summed E-state index contributed by atoms with van der Waals surface area (Å²) in [5.74, 6) is 0.946. The minimum absolute atomic E-state index is 0.0514. The standard InChI is InChI=1S/C21H23NO2/c23-21(22-14-6-10-17-8-2-4-12-19(17)22)15-24-20-13-5-9-16-7-1-3-11-18(16)20/h2,4-5,8-9,12-13H,1,3,6-7,10-11,14-15H2. The van der Waals surface area contributed by atoms with Gasteiger partial charge in [-0.3, -0.25) is 4.79 Å². The van der Waals surface area contributed by atoms with Crippen molar-refractivity contribution in [2.75, 3.05) is 18.1 Å². The van der Waals surface area contributed by atoms with Crippen LogP contribution in [-0.4, -0.2) is 19.1 Å². The molecule has 0 saturated carbocycles. The van der Waals surface area contributed by atoms with Crippen molar-refractivity contribution < 1.29 is 9.53 Å². The van der Waals surface area contributed by atoms with Crippen LogP contribution in [0.4, 0.5) is 5.69 Å². The van der Waals surface area contributed by atoms with E-state index < -0.39 is 0 Å². The predicted molar refractivity (Wildman–Crippen MR) is 95.7 cm³/mol. The summed E-state index contributed by atoms with van der Waals surface area (Å²) in [6.45, 7) is 0.900. The van der Waals surface area contributed by atoms with E-state index in [0.717, 1.165) is 43.7 Å². The summed E-state index contributed by atoms with van der Waals surface area (Å²) in [6, 6.07) is 14.4. The number of aryl methyl sites for hydroxylation is 2. The molecule has 24 heavy (non-hydrogen) atoms. The van der Waals surface area contributed by atoms with Gasteiger partial charge >= 0.3 is 0 Å². The summed E-state index contributed by atoms with van der Waals surface area (Å²) in [5, 5.41) is 0. The van der Waals surface area contributed by atoms with Crippen LogP contribution in [0.3, 0.4) is 0 Å². The van der Waals surface area contributed by atoms with Gasteiger partial charge in [0.15, 0.2) is 6.61 Å². The number of amides is 1. The molecule has 4 rings (SSSR count). The van der Waals surface area contributed by atoms with Gasteiger partial charge in [-0.1, -0.05) is 30.3 Å². The van der Waals surface area contributed by atoms with E-state index in [2.05, 4.69) is 12.1 Å². The van der Waals surface area contributed by atoms with Crippen LogP contribution in [0.25, 0.3) is 0 Å². The summed E-state index contributed by atoms with van der Waals surface area (Å²) in [4.78, 5) is 14.6. The number of para-hydroxylation sites is 1. The predicted octanol–water partition coefficient (Wildman–Crippen LogP) is 3.92. The first-order chi connectivity index (χ1) is 11.8. The third-order valence-corrected chi connectivity index (χ3v) is 5.12. The first kappa shape index (κ1) is 15.3. The van der Waals surface area contributed by atoms with E-state index in [0.29, 0.717) is 0 Å². The van der Waals surface area contributed by atoms with Crippen LogP contribution < -0.4 is 9.64 Å². The van der Waals surface area contributed by atoms with Crippen LogP contribution in [0.2, 0.25) is 0 Å². The molecule has 2 aromatic rings. The number of hydrogen-bond donors (Lipinski definition) is 0. The maximum Gasteiger partial charge on any atom is 0.264 e. The minimum atomic E-state index is 0.0514. The topological polar surface area (TPSA) is 29.5 Å². The normalized spacial score (nSPS) is 16.2. The highest BCUT2D eigenvalue weighted by molar-refractivity contribution is 5.95. The van der Waals surface area contributed by atoms with Gasteiger partial charge in [-0.25, -0.2) is 0 Å². The van der Waals surface area contributed by atoms with E-state index in [1.54, 1.807) is 0 Å². The van der Waals surface area contributed by atoms with Crippen LogP contribution in [0, 0.1) is 0 Å². The van der Waals surface area contributed by atoms with Crippen LogP contribution >= 0.6 is 0 Å². The number of anilines is 1. The van der Waals surface area contributed by atoms with Gasteiger partial charge in [-0.15, -0.1) is 0 Å². The zero-order valence-electron chi connectivity index (χ0n) is 14.0. The molecule has 0 saturated heterocycles. The number of carbonyl (C=O) groups excluding carboxylic acids is 1. The molecule has 0 radical (unpaired) electrons. The molecule has 0 atom stereocenters. The van der Waals surface area contributed by atoms with Crippen LogP contribution in [-0.2, 0) is 24.1 Å². The fourth-order valence-corrected chi connectivity index (χ4v) is 3.89. The summed E-state index contributed by atoms with van der Waals surface area (Å²) in [5.41, 5.74) is 4.99. The molecule has 3 heteroatoms. The second-order valence-corrected chi connectivity index (χ2v) is 6.67. The number of ether oxygens (including phenoxy) is 1. The molecule has 2 aromatic carbocycles. The van der Waals surface area contributed by atoms with E-state index in [1.807, 2.05) is 35.2 Å². The molecular formula is C21H23NO2. The van der Waals surface area contributed by atoms with E-state index >= 15 is 0 Å². The lowest BCUT2D eigenvalue weighted by atomic mass is 9.91. The van der Waals surface area contributed by atoms with Crippen molar-refractivity contribution in [2.24, 2.45) is 0 Å². The average Bonchev–Trinajstić information content (AvgIpc) is 2.65. The highest BCUT2D eigenvalue weighted by atomic mass is 16.5. The Morgan fingerprint density at radius 2 is 1.71 bits per heavy atom. The number of rotatable bonds is 3. The molecule has 0 aromatic heterocycles. The zero-order valence-corrected chi connectivity index (χ0v) is 14.0. The Bertz CT molecular complexity index is 753. The summed E-state index contributed by atoms with van der Waals surface area (Å²) in [7, 11) is 0. The maximum absolute atomic E-state index is 12.7. The van der Waals surface area contributed by atoms with Gasteiger partial charge in [-0.05, 0) is 67.3 Å². The molecule has 3 nitrogen and oxygen atoms in total. The lowest BCUT2D eigenvalue weighted by Crippen LogP contribution is -2.38. The Morgan fingerprint density at radius 1 is 0.917 bits per heavy atom. The fraction of sp³-hybridized carbons (Fsp3) is 0.381. The molecule has 0 N–H and O–H groups in total. The van der Waals surface area contributed by atoms with E-state index in [4.69, 9.17) is 4.74 Å². The molecule has 1 heterocycles. The maximum atomic E-state index is 12.7. The Balaban J connectivity index is 1.48. The average molecular weight is 321 g/mol. The largest absolute Gasteiger partial charge is 0.483 e. The second kappa shape index (κ2) is 6.68. The molecule has 0 spiro atoms. The molecule has 0 unspecified atom stereocenters. The van der Waals surface area contributed by atoms with Crippen molar-refractivity contribution in [3.05, 3.63) is 59.2 Å². The van der Waals surface area contributed by atoms with Crippen molar-refractivity contribution in [1.29, 1.82) is 0 Å². The Hall–Kier alpha value is -2.29. The van der Waals surface area contributed by atoms with Crippen molar-refractivity contribution in [3.63, 3.8) is 0 Å². The van der Waals surface area contributed by atoms with E-state index in [1.165, 1.54) is 29.5 Å². The van der Waals surface area contributed by atoms with Crippen molar-refractivity contribution >= 4 is 11.6 Å². The van der Waals surface area contributed by atoms with Gasteiger partial charge < -0.3 is 9.64 Å². The van der Waals surface area contributed by atoms with Crippen molar-refractivity contribution in [3.8, 4) is 5.75 Å². The second-order valence-electron chi connectivity index (χ2n) is 6.67. The van der Waals surface area contributed by atoms with Gasteiger partial charge in [0.1, 0.15) is 5.75 Å². The summed E-state index contributed by atoms with van der Waals surface area (Å²) in [6.07, 6.45) is 6.71. The molecule has 0 bridgehead atoms. The third-order valence-electron chi connectivity index (χ3n) is 5.12. The van der Waals surface area contributed by atoms with Gasteiger partial charge in [0.2, 0.25) is 0 Å². The van der Waals surface area contributed by atoms with Crippen LogP contribution in [0.15, 0.2) is 42.5 Å². The quantitative estimate of drug-likeness (QED) is 0.857. The lowest BCUT2D eigenvalue weighted by Gasteiger charge is -2.29. The van der Waals surface area contributed by atoms with Crippen molar-refractivity contribution in [1.82, 2.24) is 0 Å². The highest BCUT2D eigenvalue weighted by Crippen LogP contribution is 2.30. The minimum Gasteiger partial charge on any atom is -0.483 e. The number of carbonyl (C=O) groups is 1. The molecule has 124 valence electrons. The Kier molecular flexibility index (Phi) is 4.24. The lowest BCUT2D eigenvalue weighted by molar-refractivity contribution is -0.120.